The van der Waals surface area contributed by atoms with Gasteiger partial charge in [-0.1, -0.05) is 20.3 Å². The van der Waals surface area contributed by atoms with Crippen molar-refractivity contribution in [1.82, 2.24) is 0 Å². The summed E-state index contributed by atoms with van der Waals surface area (Å²) in [7, 11) is 0. The van der Waals surface area contributed by atoms with Gasteiger partial charge in [-0.2, -0.15) is 12.6 Å². The molecular weight excluding hydrogens is 144 g/mol. The summed E-state index contributed by atoms with van der Waals surface area (Å²) in [6.45, 7) is 6.16. The summed E-state index contributed by atoms with van der Waals surface area (Å²) in [5, 5.41) is 0. The van der Waals surface area contributed by atoms with Gasteiger partial charge in [0.1, 0.15) is 0 Å². The van der Waals surface area contributed by atoms with Crippen molar-refractivity contribution < 1.29 is 4.74 Å². The fourth-order valence-corrected chi connectivity index (χ4v) is 0.784. The highest BCUT2D eigenvalue weighted by molar-refractivity contribution is 7.80. The third-order valence-corrected chi connectivity index (χ3v) is 1.87. The van der Waals surface area contributed by atoms with Crippen molar-refractivity contribution in [3.63, 3.8) is 0 Å². The molecule has 0 aliphatic carbocycles. The molecule has 1 atom stereocenters. The predicted octanol–water partition coefficient (Wildman–Crippen LogP) is 2.37. The number of thiol groups is 1. The van der Waals surface area contributed by atoms with E-state index in [9.17, 15) is 0 Å². The molecule has 0 saturated heterocycles. The maximum absolute atomic E-state index is 5.28. The van der Waals surface area contributed by atoms with Gasteiger partial charge >= 0.3 is 0 Å². The van der Waals surface area contributed by atoms with E-state index in [-0.39, 0.29) is 0 Å². The highest BCUT2D eigenvalue weighted by Gasteiger charge is 1.96. The monoisotopic (exact) mass is 162 g/mol. The van der Waals surface area contributed by atoms with Crippen LogP contribution in [-0.4, -0.2) is 19.0 Å². The van der Waals surface area contributed by atoms with E-state index in [1.807, 2.05) is 0 Å². The Balaban J connectivity index is 2.89. The van der Waals surface area contributed by atoms with E-state index in [2.05, 4.69) is 26.5 Å². The Morgan fingerprint density at radius 2 is 2.10 bits per heavy atom. The summed E-state index contributed by atoms with van der Waals surface area (Å²) >= 11 is 4.04. The van der Waals surface area contributed by atoms with Crippen LogP contribution in [0.15, 0.2) is 0 Å². The van der Waals surface area contributed by atoms with Crippen LogP contribution in [0.4, 0.5) is 0 Å². The first-order chi connectivity index (χ1) is 4.81. The summed E-state index contributed by atoms with van der Waals surface area (Å²) in [5.41, 5.74) is 0. The fraction of sp³-hybridized carbons (Fsp3) is 1.00. The third kappa shape index (κ3) is 6.43. The topological polar surface area (TPSA) is 9.23 Å². The maximum atomic E-state index is 5.28. The zero-order valence-electron chi connectivity index (χ0n) is 6.97. The van der Waals surface area contributed by atoms with Crippen LogP contribution in [0.25, 0.3) is 0 Å². The SMILES string of the molecule is CCC(C)CCOCCS. The molecule has 1 unspecified atom stereocenters. The molecular formula is C8H18OS. The van der Waals surface area contributed by atoms with E-state index in [0.29, 0.717) is 0 Å². The molecule has 0 bridgehead atoms. The molecule has 0 fully saturated rings. The molecule has 0 heterocycles. The van der Waals surface area contributed by atoms with Gasteiger partial charge in [0.25, 0.3) is 0 Å². The molecule has 0 N–H and O–H groups in total. The van der Waals surface area contributed by atoms with Crippen LogP contribution in [0, 0.1) is 5.92 Å². The Hall–Kier alpha value is 0.310. The molecule has 0 amide bonds. The quantitative estimate of drug-likeness (QED) is 0.466. The molecule has 0 saturated carbocycles. The molecule has 1 nitrogen and oxygen atoms in total. The van der Waals surface area contributed by atoms with E-state index in [0.717, 1.165) is 24.9 Å². The van der Waals surface area contributed by atoms with Crippen LogP contribution in [0.2, 0.25) is 0 Å². The van der Waals surface area contributed by atoms with Crippen molar-refractivity contribution in [3.8, 4) is 0 Å². The second-order valence-corrected chi connectivity index (χ2v) is 3.09. The molecule has 0 rings (SSSR count). The molecule has 0 aromatic carbocycles. The Kier molecular flexibility index (Phi) is 7.65. The van der Waals surface area contributed by atoms with Gasteiger partial charge in [-0.25, -0.2) is 0 Å². The lowest BCUT2D eigenvalue weighted by Crippen LogP contribution is -2.02. The summed E-state index contributed by atoms with van der Waals surface area (Å²) in [6.07, 6.45) is 2.44. The van der Waals surface area contributed by atoms with Crippen LogP contribution in [0.3, 0.4) is 0 Å². The molecule has 10 heavy (non-hydrogen) atoms. The van der Waals surface area contributed by atoms with Gasteiger partial charge in [0.05, 0.1) is 6.61 Å². The number of hydrogen-bond acceptors (Lipinski definition) is 2. The molecule has 0 aromatic rings. The van der Waals surface area contributed by atoms with Crippen molar-refractivity contribution in [2.45, 2.75) is 26.7 Å². The lowest BCUT2D eigenvalue weighted by atomic mass is 10.1. The highest BCUT2D eigenvalue weighted by Crippen LogP contribution is 2.05. The molecule has 0 spiro atoms. The van der Waals surface area contributed by atoms with E-state index in [1.54, 1.807) is 0 Å². The van der Waals surface area contributed by atoms with Gasteiger partial charge in [-0.3, -0.25) is 0 Å². The Morgan fingerprint density at radius 3 is 2.60 bits per heavy atom. The van der Waals surface area contributed by atoms with Gasteiger partial charge in [0.2, 0.25) is 0 Å². The first-order valence-electron chi connectivity index (χ1n) is 3.99. The Bertz CT molecular complexity index is 66.3. The van der Waals surface area contributed by atoms with E-state index >= 15 is 0 Å². The van der Waals surface area contributed by atoms with Gasteiger partial charge in [0.15, 0.2) is 0 Å². The maximum Gasteiger partial charge on any atom is 0.0554 e. The number of ether oxygens (including phenoxy) is 1. The van der Waals surface area contributed by atoms with Gasteiger partial charge in [0, 0.05) is 12.4 Å². The van der Waals surface area contributed by atoms with Crippen molar-refractivity contribution >= 4 is 12.6 Å². The van der Waals surface area contributed by atoms with Gasteiger partial charge in [-0.05, 0) is 12.3 Å². The summed E-state index contributed by atoms with van der Waals surface area (Å²) in [6, 6.07) is 0. The molecule has 0 aromatic heterocycles. The first-order valence-corrected chi connectivity index (χ1v) is 4.63. The van der Waals surface area contributed by atoms with Crippen LogP contribution in [0.1, 0.15) is 26.7 Å². The summed E-state index contributed by atoms with van der Waals surface area (Å²) < 4.78 is 5.28. The Labute approximate surface area is 69.6 Å². The standard InChI is InChI=1S/C8H18OS/c1-3-8(2)4-5-9-6-7-10/h8,10H,3-7H2,1-2H3. The largest absolute Gasteiger partial charge is 0.381 e. The zero-order valence-corrected chi connectivity index (χ0v) is 7.86. The smallest absolute Gasteiger partial charge is 0.0554 e. The summed E-state index contributed by atoms with van der Waals surface area (Å²) in [4.78, 5) is 0. The molecule has 62 valence electrons. The minimum absolute atomic E-state index is 0.791. The lowest BCUT2D eigenvalue weighted by Gasteiger charge is -2.07. The van der Waals surface area contributed by atoms with Gasteiger partial charge in [-0.15, -0.1) is 0 Å². The zero-order chi connectivity index (χ0) is 7.82. The fourth-order valence-electron chi connectivity index (χ4n) is 0.655. The average Bonchev–Trinajstić information content (AvgIpc) is 1.98. The van der Waals surface area contributed by atoms with E-state index in [1.165, 1.54) is 12.8 Å². The minimum atomic E-state index is 0.791. The van der Waals surface area contributed by atoms with Crippen LogP contribution < -0.4 is 0 Å². The number of rotatable bonds is 6. The van der Waals surface area contributed by atoms with Crippen LogP contribution in [0.5, 0.6) is 0 Å². The molecule has 0 radical (unpaired) electrons. The molecule has 0 aliphatic heterocycles. The lowest BCUT2D eigenvalue weighted by molar-refractivity contribution is 0.136. The average molecular weight is 162 g/mol. The third-order valence-electron chi connectivity index (χ3n) is 1.69. The second kappa shape index (κ2) is 7.42. The van der Waals surface area contributed by atoms with E-state index in [4.69, 9.17) is 4.74 Å². The second-order valence-electron chi connectivity index (χ2n) is 2.64. The molecule has 2 heteroatoms. The van der Waals surface area contributed by atoms with Crippen molar-refractivity contribution in [3.05, 3.63) is 0 Å². The summed E-state index contributed by atoms with van der Waals surface area (Å²) in [5.74, 6) is 1.64. The van der Waals surface area contributed by atoms with Crippen molar-refractivity contribution in [2.24, 2.45) is 5.92 Å². The van der Waals surface area contributed by atoms with E-state index < -0.39 is 0 Å². The van der Waals surface area contributed by atoms with Gasteiger partial charge < -0.3 is 4.74 Å². The van der Waals surface area contributed by atoms with Crippen molar-refractivity contribution in [2.75, 3.05) is 19.0 Å². The predicted molar refractivity (Wildman–Crippen MR) is 48.7 cm³/mol. The van der Waals surface area contributed by atoms with Crippen molar-refractivity contribution in [1.29, 1.82) is 0 Å². The number of hydrogen-bond donors (Lipinski definition) is 1. The minimum Gasteiger partial charge on any atom is -0.381 e. The molecule has 0 aliphatic rings. The van der Waals surface area contributed by atoms with Crippen LogP contribution >= 0.6 is 12.6 Å². The Morgan fingerprint density at radius 1 is 1.40 bits per heavy atom. The van der Waals surface area contributed by atoms with Crippen LogP contribution in [-0.2, 0) is 4.74 Å². The normalized spacial score (nSPS) is 13.5. The first kappa shape index (κ1) is 10.3. The highest BCUT2D eigenvalue weighted by atomic mass is 32.1.